The van der Waals surface area contributed by atoms with Crippen molar-refractivity contribution in [2.75, 3.05) is 0 Å². The summed E-state index contributed by atoms with van der Waals surface area (Å²) in [6, 6.07) is 15.0. The van der Waals surface area contributed by atoms with Gasteiger partial charge in [-0.3, -0.25) is 0 Å². The maximum atomic E-state index is 9.42. The van der Waals surface area contributed by atoms with Crippen molar-refractivity contribution in [1.82, 2.24) is 4.57 Å². The second-order valence-electron chi connectivity index (χ2n) is 3.91. The second-order valence-corrected chi connectivity index (χ2v) is 4.34. The number of phenolic OH excluding ortho intramolecular Hbond substituents is 1. The molecule has 84 valence electrons. The quantitative estimate of drug-likeness (QED) is 0.687. The van der Waals surface area contributed by atoms with Crippen molar-refractivity contribution < 1.29 is 5.11 Å². The summed E-state index contributed by atoms with van der Waals surface area (Å²) in [7, 11) is 0. The molecule has 3 aromatic rings. The molecule has 1 heterocycles. The van der Waals surface area contributed by atoms with Crippen molar-refractivity contribution in [3.05, 3.63) is 59.8 Å². The van der Waals surface area contributed by atoms with Crippen molar-refractivity contribution in [2.45, 2.75) is 0 Å². The zero-order valence-electron chi connectivity index (χ0n) is 8.97. The number of hydrogen-bond acceptors (Lipinski definition) is 1. The van der Waals surface area contributed by atoms with Crippen molar-refractivity contribution >= 4 is 22.5 Å². The molecule has 0 bridgehead atoms. The molecular weight excluding hydrogens is 234 g/mol. The van der Waals surface area contributed by atoms with E-state index in [0.717, 1.165) is 21.6 Å². The third-order valence-corrected chi connectivity index (χ3v) is 3.03. The molecule has 0 aliphatic carbocycles. The number of aromatic nitrogens is 1. The molecule has 1 aromatic heterocycles. The van der Waals surface area contributed by atoms with Crippen LogP contribution in [-0.4, -0.2) is 9.67 Å². The second kappa shape index (κ2) is 3.82. The third kappa shape index (κ3) is 1.77. The van der Waals surface area contributed by atoms with Gasteiger partial charge in [0.1, 0.15) is 5.75 Å². The molecule has 2 nitrogen and oxygen atoms in total. The number of benzene rings is 2. The van der Waals surface area contributed by atoms with Gasteiger partial charge in [0.25, 0.3) is 0 Å². The Morgan fingerprint density at radius 3 is 2.47 bits per heavy atom. The molecule has 0 amide bonds. The number of hydrogen-bond donors (Lipinski definition) is 1. The van der Waals surface area contributed by atoms with Crippen LogP contribution in [0.4, 0.5) is 0 Å². The molecule has 0 aliphatic rings. The van der Waals surface area contributed by atoms with Gasteiger partial charge in [-0.05, 0) is 48.5 Å². The standard InChI is InChI=1S/C14H10ClNO/c15-11-1-3-12(4-2-11)16-8-7-10-9-13(17)5-6-14(10)16/h1-9,17H. The third-order valence-electron chi connectivity index (χ3n) is 2.78. The predicted octanol–water partition coefficient (Wildman–Crippen LogP) is 3.99. The molecule has 0 saturated carbocycles. The Hall–Kier alpha value is -1.93. The summed E-state index contributed by atoms with van der Waals surface area (Å²) in [5, 5.41) is 11.2. The van der Waals surface area contributed by atoms with Crippen molar-refractivity contribution in [3.63, 3.8) is 0 Å². The number of rotatable bonds is 1. The van der Waals surface area contributed by atoms with Crippen molar-refractivity contribution in [3.8, 4) is 11.4 Å². The van der Waals surface area contributed by atoms with Crippen LogP contribution in [0.2, 0.25) is 5.02 Å². The zero-order valence-corrected chi connectivity index (χ0v) is 9.72. The summed E-state index contributed by atoms with van der Waals surface area (Å²) >= 11 is 5.87. The minimum Gasteiger partial charge on any atom is -0.508 e. The highest BCUT2D eigenvalue weighted by Gasteiger charge is 2.03. The molecule has 0 aliphatic heterocycles. The van der Waals surface area contributed by atoms with Crippen LogP contribution >= 0.6 is 11.6 Å². The molecule has 2 aromatic carbocycles. The largest absolute Gasteiger partial charge is 0.508 e. The Kier molecular flexibility index (Phi) is 2.30. The topological polar surface area (TPSA) is 25.2 Å². The first kappa shape index (κ1) is 10.2. The Balaban J connectivity index is 2.21. The summed E-state index contributed by atoms with van der Waals surface area (Å²) in [6.07, 6.45) is 1.98. The van der Waals surface area contributed by atoms with Gasteiger partial charge < -0.3 is 9.67 Å². The van der Waals surface area contributed by atoms with Crippen LogP contribution in [0.1, 0.15) is 0 Å². The molecule has 17 heavy (non-hydrogen) atoms. The maximum Gasteiger partial charge on any atom is 0.116 e. The summed E-state index contributed by atoms with van der Waals surface area (Å²) in [4.78, 5) is 0. The fourth-order valence-corrected chi connectivity index (χ4v) is 2.08. The Morgan fingerprint density at radius 2 is 1.71 bits per heavy atom. The van der Waals surface area contributed by atoms with E-state index in [1.165, 1.54) is 0 Å². The first-order valence-corrected chi connectivity index (χ1v) is 5.68. The summed E-state index contributed by atoms with van der Waals surface area (Å²) in [5.41, 5.74) is 2.11. The minimum absolute atomic E-state index is 0.284. The highest BCUT2D eigenvalue weighted by Crippen LogP contribution is 2.24. The molecule has 3 heteroatoms. The van der Waals surface area contributed by atoms with E-state index in [1.807, 2.05) is 42.6 Å². The molecule has 0 radical (unpaired) electrons. The van der Waals surface area contributed by atoms with Crippen molar-refractivity contribution in [2.24, 2.45) is 0 Å². The van der Waals surface area contributed by atoms with E-state index in [-0.39, 0.29) is 5.75 Å². The monoisotopic (exact) mass is 243 g/mol. The Bertz CT molecular complexity index is 670. The van der Waals surface area contributed by atoms with Crippen LogP contribution in [0.25, 0.3) is 16.6 Å². The molecule has 0 atom stereocenters. The number of halogens is 1. The van der Waals surface area contributed by atoms with E-state index in [4.69, 9.17) is 11.6 Å². The molecule has 0 saturated heterocycles. The Morgan fingerprint density at radius 1 is 0.941 bits per heavy atom. The van der Waals surface area contributed by atoms with Gasteiger partial charge in [-0.2, -0.15) is 0 Å². The maximum absolute atomic E-state index is 9.42. The van der Waals surface area contributed by atoms with Crippen molar-refractivity contribution in [1.29, 1.82) is 0 Å². The van der Waals surface area contributed by atoms with Crippen LogP contribution in [0.15, 0.2) is 54.7 Å². The van der Waals surface area contributed by atoms with Gasteiger partial charge in [0.15, 0.2) is 0 Å². The van der Waals surface area contributed by atoms with Crippen LogP contribution in [0.3, 0.4) is 0 Å². The number of fused-ring (bicyclic) bond motifs is 1. The van der Waals surface area contributed by atoms with Crippen LogP contribution in [-0.2, 0) is 0 Å². The van der Waals surface area contributed by atoms with Gasteiger partial charge >= 0.3 is 0 Å². The predicted molar refractivity (Wildman–Crippen MR) is 69.9 cm³/mol. The van der Waals surface area contributed by atoms with E-state index in [9.17, 15) is 5.11 Å². The normalized spacial score (nSPS) is 10.9. The highest BCUT2D eigenvalue weighted by atomic mass is 35.5. The van der Waals surface area contributed by atoms with Gasteiger partial charge in [-0.15, -0.1) is 0 Å². The number of phenols is 1. The smallest absolute Gasteiger partial charge is 0.116 e. The molecule has 0 fully saturated rings. The van der Waals surface area contributed by atoms with Gasteiger partial charge in [-0.1, -0.05) is 11.6 Å². The molecule has 1 N–H and O–H groups in total. The first-order chi connectivity index (χ1) is 8.24. The number of aromatic hydroxyl groups is 1. The lowest BCUT2D eigenvalue weighted by Crippen LogP contribution is -1.90. The average Bonchev–Trinajstić information content (AvgIpc) is 2.73. The zero-order chi connectivity index (χ0) is 11.8. The van der Waals surface area contributed by atoms with Gasteiger partial charge in [-0.25, -0.2) is 0 Å². The molecule has 0 spiro atoms. The van der Waals surface area contributed by atoms with E-state index in [0.29, 0.717) is 0 Å². The van der Waals surface area contributed by atoms with Gasteiger partial charge in [0.2, 0.25) is 0 Å². The summed E-state index contributed by atoms with van der Waals surface area (Å²) in [6.45, 7) is 0. The van der Waals surface area contributed by atoms with E-state index < -0.39 is 0 Å². The highest BCUT2D eigenvalue weighted by molar-refractivity contribution is 6.30. The average molecular weight is 244 g/mol. The van der Waals surface area contributed by atoms with Crippen LogP contribution in [0.5, 0.6) is 5.75 Å². The van der Waals surface area contributed by atoms with Crippen LogP contribution < -0.4 is 0 Å². The molecule has 3 rings (SSSR count). The van der Waals surface area contributed by atoms with Gasteiger partial charge in [0, 0.05) is 22.3 Å². The van der Waals surface area contributed by atoms with Gasteiger partial charge in [0.05, 0.1) is 5.52 Å². The molecule has 0 unspecified atom stereocenters. The molecular formula is C14H10ClNO. The minimum atomic E-state index is 0.284. The first-order valence-electron chi connectivity index (χ1n) is 5.30. The Labute approximate surface area is 104 Å². The lowest BCUT2D eigenvalue weighted by atomic mass is 10.2. The fraction of sp³-hybridized carbons (Fsp3) is 0. The number of nitrogens with zero attached hydrogens (tertiary/aromatic N) is 1. The lowest BCUT2D eigenvalue weighted by Gasteiger charge is -2.05. The SMILES string of the molecule is Oc1ccc2c(ccn2-c2ccc(Cl)cc2)c1. The van der Waals surface area contributed by atoms with Crippen LogP contribution in [0, 0.1) is 0 Å². The van der Waals surface area contributed by atoms with E-state index >= 15 is 0 Å². The summed E-state index contributed by atoms with van der Waals surface area (Å²) < 4.78 is 2.06. The summed E-state index contributed by atoms with van der Waals surface area (Å²) in [5.74, 6) is 0.284. The fourth-order valence-electron chi connectivity index (χ4n) is 1.96. The van der Waals surface area contributed by atoms with E-state index in [2.05, 4.69) is 4.57 Å². The lowest BCUT2D eigenvalue weighted by molar-refractivity contribution is 0.476. The van der Waals surface area contributed by atoms with E-state index in [1.54, 1.807) is 12.1 Å².